The van der Waals surface area contributed by atoms with E-state index in [1.165, 1.54) is 22.2 Å². The van der Waals surface area contributed by atoms with Crippen molar-refractivity contribution in [1.29, 1.82) is 0 Å². The largest absolute Gasteiger partial charge is 0.304 e. The lowest BCUT2D eigenvalue weighted by atomic mass is 10.1. The van der Waals surface area contributed by atoms with Gasteiger partial charge in [-0.3, -0.25) is 4.90 Å². The zero-order chi connectivity index (χ0) is 22.4. The highest BCUT2D eigenvalue weighted by molar-refractivity contribution is 9.10. The van der Waals surface area contributed by atoms with Crippen LogP contribution >= 0.6 is 15.9 Å². The van der Waals surface area contributed by atoms with E-state index >= 15 is 0 Å². The van der Waals surface area contributed by atoms with Gasteiger partial charge in [-0.2, -0.15) is 0 Å². The van der Waals surface area contributed by atoms with Crippen molar-refractivity contribution in [1.82, 2.24) is 13.8 Å². The predicted molar refractivity (Wildman–Crippen MR) is 128 cm³/mol. The molecule has 1 fully saturated rings. The smallest absolute Gasteiger partial charge is 0.242 e. The minimum absolute atomic E-state index is 0.0687. The van der Waals surface area contributed by atoms with Crippen LogP contribution < -0.4 is 0 Å². The molecule has 8 heteroatoms. The number of hydrogen-bond acceptors (Lipinski definition) is 4. The second-order valence-corrected chi connectivity index (χ2v) is 10.4. The minimum Gasteiger partial charge on any atom is -0.304 e. The first kappa shape index (κ1) is 23.7. The molecule has 0 spiro atoms. The zero-order valence-corrected chi connectivity index (χ0v) is 19.9. The van der Waals surface area contributed by atoms with Crippen molar-refractivity contribution in [3.8, 4) is 0 Å². The maximum Gasteiger partial charge on any atom is 0.242 e. The summed E-state index contributed by atoms with van der Waals surface area (Å²) < 4.78 is 39.3. The molecular weight excluding hydrogens is 481 g/mol. The van der Waals surface area contributed by atoms with E-state index in [9.17, 15) is 12.8 Å². The number of nitrogens with zero attached hydrogens (tertiary/aromatic N) is 3. The van der Waals surface area contributed by atoms with E-state index in [4.69, 9.17) is 0 Å². The van der Waals surface area contributed by atoms with Crippen LogP contribution in [0.1, 0.15) is 5.56 Å². The number of piperazine rings is 1. The van der Waals surface area contributed by atoms with Gasteiger partial charge in [-0.05, 0) is 42.9 Å². The van der Waals surface area contributed by atoms with E-state index < -0.39 is 10.0 Å². The van der Waals surface area contributed by atoms with Crippen LogP contribution in [0.3, 0.4) is 0 Å². The highest BCUT2D eigenvalue weighted by Crippen LogP contribution is 2.28. The Bertz CT molecular complexity index is 1120. The Morgan fingerprint density at radius 3 is 2.35 bits per heavy atom. The molecule has 166 valence electrons. The summed E-state index contributed by atoms with van der Waals surface area (Å²) in [6.07, 6.45) is 3.20. The fraction of sp³-hybridized carbons (Fsp3) is 0.304. The van der Waals surface area contributed by atoms with Crippen molar-refractivity contribution >= 4 is 36.9 Å². The van der Waals surface area contributed by atoms with Crippen molar-refractivity contribution < 1.29 is 12.8 Å². The van der Waals surface area contributed by atoms with Gasteiger partial charge in [0.25, 0.3) is 0 Å². The van der Waals surface area contributed by atoms with Gasteiger partial charge in [-0.15, -0.1) is 6.58 Å². The second-order valence-electron chi connectivity index (χ2n) is 7.55. The Labute approximate surface area is 191 Å². The van der Waals surface area contributed by atoms with Crippen LogP contribution in [-0.4, -0.2) is 61.2 Å². The van der Waals surface area contributed by atoms with Gasteiger partial charge in [0.2, 0.25) is 10.0 Å². The fourth-order valence-electron chi connectivity index (χ4n) is 3.49. The number of likely N-dealkylation sites (N-methyl/N-ethyl adjacent to an activating group) is 1. The van der Waals surface area contributed by atoms with Gasteiger partial charge in [-0.25, -0.2) is 16.8 Å². The first-order valence-corrected chi connectivity index (χ1v) is 12.5. The van der Waals surface area contributed by atoms with Gasteiger partial charge in [0.1, 0.15) is 5.82 Å². The fourth-order valence-corrected chi connectivity index (χ4v) is 5.05. The molecular formula is C23H27BrFN3O2S. The highest BCUT2D eigenvalue weighted by Gasteiger charge is 2.21. The lowest BCUT2D eigenvalue weighted by Gasteiger charge is -2.32. The van der Waals surface area contributed by atoms with E-state index in [1.54, 1.807) is 24.4 Å². The Balaban J connectivity index is 0.000000330. The SMILES string of the molecule is C=CCS(=O)(=O)n1cc(CN2CCN(C)CC2)c2cc(Br)ccc21.Fc1ccccc1. The molecule has 3 aromatic rings. The third kappa shape index (κ3) is 6.26. The molecule has 0 atom stereocenters. The van der Waals surface area contributed by atoms with E-state index in [0.717, 1.165) is 53.7 Å². The molecule has 0 amide bonds. The number of rotatable bonds is 5. The van der Waals surface area contributed by atoms with Gasteiger partial charge in [0.05, 0.1) is 11.3 Å². The first-order chi connectivity index (χ1) is 14.8. The van der Waals surface area contributed by atoms with Crippen LogP contribution in [0.2, 0.25) is 0 Å². The molecule has 2 heterocycles. The minimum atomic E-state index is -3.42. The number of benzene rings is 2. The summed E-state index contributed by atoms with van der Waals surface area (Å²) in [6, 6.07) is 13.7. The first-order valence-electron chi connectivity index (χ1n) is 10.1. The number of fused-ring (bicyclic) bond motifs is 1. The van der Waals surface area contributed by atoms with Crippen molar-refractivity contribution in [3.63, 3.8) is 0 Å². The van der Waals surface area contributed by atoms with Crippen molar-refractivity contribution in [2.75, 3.05) is 39.0 Å². The van der Waals surface area contributed by atoms with E-state index in [0.29, 0.717) is 0 Å². The van der Waals surface area contributed by atoms with Gasteiger partial charge >= 0.3 is 0 Å². The summed E-state index contributed by atoms with van der Waals surface area (Å²) in [7, 11) is -1.29. The maximum atomic E-state index is 12.5. The lowest BCUT2D eigenvalue weighted by Crippen LogP contribution is -2.43. The second kappa shape index (κ2) is 10.5. The Kier molecular flexibility index (Phi) is 8.05. The number of aromatic nitrogens is 1. The van der Waals surface area contributed by atoms with E-state index in [2.05, 4.69) is 39.4 Å². The number of halogens is 2. The quantitative estimate of drug-likeness (QED) is 0.481. The predicted octanol–water partition coefficient (Wildman–Crippen LogP) is 4.34. The number of hydrogen-bond donors (Lipinski definition) is 0. The van der Waals surface area contributed by atoms with Gasteiger partial charge in [-0.1, -0.05) is 40.2 Å². The summed E-state index contributed by atoms with van der Waals surface area (Å²) in [5, 5.41) is 0.982. The molecule has 1 saturated heterocycles. The van der Waals surface area contributed by atoms with Gasteiger partial charge in [0, 0.05) is 48.8 Å². The molecule has 0 aliphatic carbocycles. The molecule has 0 N–H and O–H groups in total. The molecule has 1 aromatic heterocycles. The van der Waals surface area contributed by atoms with Crippen LogP contribution in [0.15, 0.2) is 71.9 Å². The molecule has 5 nitrogen and oxygen atoms in total. The molecule has 1 aliphatic rings. The van der Waals surface area contributed by atoms with E-state index in [1.807, 2.05) is 18.2 Å². The highest BCUT2D eigenvalue weighted by atomic mass is 79.9. The van der Waals surface area contributed by atoms with Gasteiger partial charge < -0.3 is 4.90 Å². The van der Waals surface area contributed by atoms with Crippen molar-refractivity contribution in [3.05, 3.63) is 83.2 Å². The van der Waals surface area contributed by atoms with Crippen LogP contribution in [-0.2, 0) is 16.6 Å². The van der Waals surface area contributed by atoms with Crippen molar-refractivity contribution in [2.45, 2.75) is 6.54 Å². The zero-order valence-electron chi connectivity index (χ0n) is 17.5. The van der Waals surface area contributed by atoms with E-state index in [-0.39, 0.29) is 11.6 Å². The molecule has 2 aromatic carbocycles. The summed E-state index contributed by atoms with van der Waals surface area (Å²) in [5.74, 6) is -0.247. The summed E-state index contributed by atoms with van der Waals surface area (Å²) in [5.41, 5.74) is 1.77. The third-order valence-corrected chi connectivity index (χ3v) is 7.22. The summed E-state index contributed by atoms with van der Waals surface area (Å²) >= 11 is 3.49. The van der Waals surface area contributed by atoms with Gasteiger partial charge in [0.15, 0.2) is 0 Å². The summed E-state index contributed by atoms with van der Waals surface area (Å²) in [6.45, 7) is 8.39. The Hall–Kier alpha value is -2.00. The molecule has 31 heavy (non-hydrogen) atoms. The normalized spacial score (nSPS) is 15.5. The van der Waals surface area contributed by atoms with Crippen LogP contribution in [0, 0.1) is 5.82 Å². The average molecular weight is 508 g/mol. The van der Waals surface area contributed by atoms with Crippen LogP contribution in [0.25, 0.3) is 10.9 Å². The molecule has 0 saturated carbocycles. The standard InChI is InChI=1S/C17H22BrN3O2S.C6H5F/c1-3-10-24(22,23)21-13-14(12-20-8-6-19(2)7-9-20)16-11-15(18)4-5-17(16)21;7-6-4-2-1-3-5-6/h3-5,11,13H,1,6-10,12H2,2H3;1-5H. The Morgan fingerprint density at radius 1 is 1.10 bits per heavy atom. The topological polar surface area (TPSA) is 45.6 Å². The summed E-state index contributed by atoms with van der Waals surface area (Å²) in [4.78, 5) is 4.69. The average Bonchev–Trinajstić information content (AvgIpc) is 3.09. The third-order valence-electron chi connectivity index (χ3n) is 5.17. The van der Waals surface area contributed by atoms with Crippen LogP contribution in [0.5, 0.6) is 0 Å². The molecule has 0 unspecified atom stereocenters. The van der Waals surface area contributed by atoms with Crippen molar-refractivity contribution in [2.24, 2.45) is 0 Å². The molecule has 1 aliphatic heterocycles. The Morgan fingerprint density at radius 2 is 1.77 bits per heavy atom. The maximum absolute atomic E-state index is 12.5. The molecule has 4 rings (SSSR count). The van der Waals surface area contributed by atoms with Crippen LogP contribution in [0.4, 0.5) is 4.39 Å². The monoisotopic (exact) mass is 507 g/mol. The molecule has 0 bridgehead atoms. The lowest BCUT2D eigenvalue weighted by molar-refractivity contribution is 0.148. The molecule has 0 radical (unpaired) electrons.